The molecular weight excluding hydrogens is 524 g/mol. The van der Waals surface area contributed by atoms with E-state index in [0.717, 1.165) is 30.6 Å². The Kier molecular flexibility index (Phi) is 10.1. The molecule has 0 bridgehead atoms. The van der Waals surface area contributed by atoms with Gasteiger partial charge in [-0.05, 0) is 67.6 Å². The first-order chi connectivity index (χ1) is 19.2. The molecule has 9 heteroatoms. The normalized spacial score (nSPS) is 18.0. The number of aliphatic hydroxyl groups is 1. The monoisotopic (exact) mass is 562 g/mol. The first kappa shape index (κ1) is 29.5. The molecule has 1 aliphatic rings. The zero-order valence-corrected chi connectivity index (χ0v) is 24.0. The molecule has 2 amide bonds. The van der Waals surface area contributed by atoms with E-state index in [4.69, 9.17) is 4.74 Å². The highest BCUT2D eigenvalue weighted by Gasteiger charge is 2.29. The summed E-state index contributed by atoms with van der Waals surface area (Å²) in [5, 5.41) is 20.2. The van der Waals surface area contributed by atoms with Gasteiger partial charge < -0.3 is 30.1 Å². The number of nitrogens with zero attached hydrogens (tertiary/aromatic N) is 1. The summed E-state index contributed by atoms with van der Waals surface area (Å²) in [4.78, 5) is 26.2. The number of benzene rings is 3. The van der Waals surface area contributed by atoms with E-state index in [9.17, 15) is 14.7 Å². The van der Waals surface area contributed by atoms with Crippen molar-refractivity contribution < 1.29 is 19.4 Å². The van der Waals surface area contributed by atoms with Gasteiger partial charge in [0.25, 0.3) is 11.8 Å². The predicted octanol–water partition coefficient (Wildman–Crippen LogP) is 3.92. The third-order valence-corrected chi connectivity index (χ3v) is 7.52. The van der Waals surface area contributed by atoms with Crippen LogP contribution in [0.4, 0.5) is 5.69 Å². The van der Waals surface area contributed by atoms with Crippen molar-refractivity contribution in [2.75, 3.05) is 25.0 Å². The lowest BCUT2D eigenvalue weighted by molar-refractivity contribution is 0.0885. The molecular formula is C31H38N4O4S. The van der Waals surface area contributed by atoms with Gasteiger partial charge >= 0.3 is 0 Å². The number of methoxy groups -OCH3 is 1. The second-order valence-corrected chi connectivity index (χ2v) is 10.9. The van der Waals surface area contributed by atoms with E-state index in [1.165, 1.54) is 5.56 Å². The molecule has 0 aliphatic carbocycles. The molecule has 212 valence electrons. The summed E-state index contributed by atoms with van der Waals surface area (Å²) in [6.45, 7) is 2.00. The number of carbonyl (C=O) groups is 2. The van der Waals surface area contributed by atoms with E-state index in [-0.39, 0.29) is 36.5 Å². The van der Waals surface area contributed by atoms with Crippen LogP contribution in [0.1, 0.15) is 57.7 Å². The number of amides is 2. The van der Waals surface area contributed by atoms with Gasteiger partial charge in [0, 0.05) is 42.5 Å². The molecule has 0 saturated carbocycles. The van der Waals surface area contributed by atoms with Crippen LogP contribution in [-0.2, 0) is 6.42 Å². The van der Waals surface area contributed by atoms with Crippen molar-refractivity contribution in [1.29, 1.82) is 0 Å². The number of ether oxygens (including phenoxy) is 1. The van der Waals surface area contributed by atoms with Crippen LogP contribution in [0, 0.1) is 0 Å². The average Bonchev–Trinajstić information content (AvgIpc) is 3.44. The molecule has 8 nitrogen and oxygen atoms in total. The number of nitrogens with one attached hydrogen (secondary N) is 3. The van der Waals surface area contributed by atoms with Crippen molar-refractivity contribution in [3.8, 4) is 5.75 Å². The van der Waals surface area contributed by atoms with Gasteiger partial charge in [0.15, 0.2) is 0 Å². The van der Waals surface area contributed by atoms with Crippen LogP contribution < -0.4 is 25.0 Å². The number of aliphatic hydroxyl groups excluding tert-OH is 1. The summed E-state index contributed by atoms with van der Waals surface area (Å²) >= 11 is 4.36. The zero-order valence-electron chi connectivity index (χ0n) is 23.1. The topological polar surface area (TPSA) is 103 Å². The first-order valence-electron chi connectivity index (χ1n) is 13.5. The van der Waals surface area contributed by atoms with Crippen LogP contribution in [0.2, 0.25) is 0 Å². The number of anilines is 1. The molecule has 0 unspecified atom stereocenters. The molecule has 4 rings (SSSR count). The molecule has 0 spiro atoms. The minimum atomic E-state index is -0.746. The molecule has 4 N–H and O–H groups in total. The number of hydrogen-bond acceptors (Lipinski definition) is 7. The van der Waals surface area contributed by atoms with Gasteiger partial charge in [0.05, 0.1) is 19.3 Å². The number of thiol groups is 1. The van der Waals surface area contributed by atoms with E-state index in [1.807, 2.05) is 55.5 Å². The number of carbonyl (C=O) groups excluding carboxylic acids is 2. The smallest absolute Gasteiger partial charge is 0.251 e. The number of rotatable bonds is 11. The highest BCUT2D eigenvalue weighted by molar-refractivity contribution is 7.81. The van der Waals surface area contributed by atoms with Crippen molar-refractivity contribution in [1.82, 2.24) is 16.0 Å². The van der Waals surface area contributed by atoms with E-state index in [2.05, 4.69) is 34.8 Å². The Labute approximate surface area is 241 Å². The third kappa shape index (κ3) is 7.78. The predicted molar refractivity (Wildman–Crippen MR) is 161 cm³/mol. The van der Waals surface area contributed by atoms with E-state index in [0.29, 0.717) is 16.8 Å². The van der Waals surface area contributed by atoms with Crippen LogP contribution in [0.15, 0.2) is 72.8 Å². The van der Waals surface area contributed by atoms with Crippen LogP contribution in [-0.4, -0.2) is 55.8 Å². The summed E-state index contributed by atoms with van der Waals surface area (Å²) in [5.74, 6) is 0.168. The number of hydrogen-bond donors (Lipinski definition) is 5. The van der Waals surface area contributed by atoms with Crippen molar-refractivity contribution in [2.45, 2.75) is 50.4 Å². The second kappa shape index (κ2) is 13.7. The minimum absolute atomic E-state index is 0.0931. The first-order valence-corrected chi connectivity index (χ1v) is 13.9. The third-order valence-electron chi connectivity index (χ3n) is 7.29. The Hall–Kier alpha value is -3.53. The average molecular weight is 563 g/mol. The summed E-state index contributed by atoms with van der Waals surface area (Å²) in [7, 11) is 3.38. The van der Waals surface area contributed by atoms with Crippen LogP contribution >= 0.6 is 12.8 Å². The summed E-state index contributed by atoms with van der Waals surface area (Å²) in [6.07, 6.45) is 1.84. The molecule has 4 atom stereocenters. The van der Waals surface area contributed by atoms with Gasteiger partial charge in [-0.25, -0.2) is 0 Å². The Morgan fingerprint density at radius 2 is 1.77 bits per heavy atom. The van der Waals surface area contributed by atoms with E-state index in [1.54, 1.807) is 36.7 Å². The fourth-order valence-corrected chi connectivity index (χ4v) is 5.12. The highest BCUT2D eigenvalue weighted by atomic mass is 32.1. The molecule has 0 aromatic heterocycles. The van der Waals surface area contributed by atoms with Crippen LogP contribution in [0.25, 0.3) is 0 Å². The Morgan fingerprint density at radius 3 is 2.48 bits per heavy atom. The van der Waals surface area contributed by atoms with Gasteiger partial charge in [-0.3, -0.25) is 9.59 Å². The highest BCUT2D eigenvalue weighted by Crippen LogP contribution is 2.23. The van der Waals surface area contributed by atoms with Gasteiger partial charge in [0.1, 0.15) is 5.75 Å². The molecule has 3 aromatic carbocycles. The van der Waals surface area contributed by atoms with Crippen LogP contribution in [0.3, 0.4) is 0 Å². The molecule has 1 fully saturated rings. The SMILES string of the molecule is COc1cccc(C[C@@H]2CC[C@H]([C@@H](O)CNC(=O)c3cc(C(=O)N[C@H](C)c4ccccc4)cc(N(C)S)c3)N2)c1. The van der Waals surface area contributed by atoms with Crippen molar-refractivity contribution >= 4 is 30.3 Å². The lowest BCUT2D eigenvalue weighted by Gasteiger charge is -2.21. The lowest BCUT2D eigenvalue weighted by Crippen LogP contribution is -2.45. The largest absolute Gasteiger partial charge is 0.497 e. The van der Waals surface area contributed by atoms with E-state index >= 15 is 0 Å². The summed E-state index contributed by atoms with van der Waals surface area (Å²) in [5.41, 5.74) is 3.43. The van der Waals surface area contributed by atoms with Crippen molar-refractivity contribution in [2.24, 2.45) is 0 Å². The maximum Gasteiger partial charge on any atom is 0.251 e. The zero-order chi connectivity index (χ0) is 28.6. The maximum atomic E-state index is 13.1. The molecule has 1 aliphatic heterocycles. The van der Waals surface area contributed by atoms with Gasteiger partial charge in [0.2, 0.25) is 0 Å². The van der Waals surface area contributed by atoms with Gasteiger partial charge in [-0.15, -0.1) is 0 Å². The Bertz CT molecular complexity index is 1300. The second-order valence-electron chi connectivity index (χ2n) is 10.3. The lowest BCUT2D eigenvalue weighted by atomic mass is 10.0. The summed E-state index contributed by atoms with van der Waals surface area (Å²) in [6, 6.07) is 22.5. The summed E-state index contributed by atoms with van der Waals surface area (Å²) < 4.78 is 6.87. The molecule has 0 radical (unpaired) electrons. The quantitative estimate of drug-likeness (QED) is 0.227. The Balaban J connectivity index is 1.35. The van der Waals surface area contributed by atoms with Crippen molar-refractivity contribution in [3.63, 3.8) is 0 Å². The fourth-order valence-electron chi connectivity index (χ4n) is 5.01. The Morgan fingerprint density at radius 1 is 1.05 bits per heavy atom. The van der Waals surface area contributed by atoms with Crippen molar-refractivity contribution in [3.05, 3.63) is 95.1 Å². The van der Waals surface area contributed by atoms with Gasteiger partial charge in [-0.1, -0.05) is 55.3 Å². The molecule has 40 heavy (non-hydrogen) atoms. The van der Waals surface area contributed by atoms with Gasteiger partial charge in [-0.2, -0.15) is 0 Å². The molecule has 1 heterocycles. The molecule has 3 aromatic rings. The van der Waals surface area contributed by atoms with Crippen LogP contribution in [0.5, 0.6) is 5.75 Å². The van der Waals surface area contributed by atoms with E-state index < -0.39 is 6.10 Å². The molecule has 1 saturated heterocycles. The fraction of sp³-hybridized carbons (Fsp3) is 0.355. The minimum Gasteiger partial charge on any atom is -0.497 e. The standard InChI is InChI=1S/C31H38N4O4S/c1-20(22-9-5-4-6-10-22)33-31(38)24-16-23(17-26(18-24)35(2)40)30(37)32-19-29(36)28-13-12-25(34-28)14-21-8-7-11-27(15-21)39-3/h4-11,15-18,20,25,28-29,34,36,40H,12-14,19H2,1-3H3,(H,32,37)(H,33,38)/t20-,25+,28-,29+/m1/s1. The maximum absolute atomic E-state index is 13.1.